The lowest BCUT2D eigenvalue weighted by Crippen LogP contribution is -1.99. The van der Waals surface area contributed by atoms with E-state index in [1.807, 2.05) is 41.2 Å². The van der Waals surface area contributed by atoms with Crippen LogP contribution < -0.4 is 10.5 Å². The van der Waals surface area contributed by atoms with Crippen LogP contribution in [0.1, 0.15) is 5.56 Å². The minimum atomic E-state index is 0.455. The molecule has 6 heteroatoms. The highest BCUT2D eigenvalue weighted by molar-refractivity contribution is 5.58. The first-order chi connectivity index (χ1) is 12.8. The van der Waals surface area contributed by atoms with E-state index in [2.05, 4.69) is 27.2 Å². The SMILES string of the molecule is Nc1cccc(Oc2cc(-c3cnn(Cc4ccccc4)c3)ncn2)c1. The van der Waals surface area contributed by atoms with Crippen molar-refractivity contribution in [1.82, 2.24) is 19.7 Å². The van der Waals surface area contributed by atoms with Crippen molar-refractivity contribution in [3.63, 3.8) is 0 Å². The van der Waals surface area contributed by atoms with Crippen LogP contribution in [0.3, 0.4) is 0 Å². The Morgan fingerprint density at radius 1 is 0.962 bits per heavy atom. The van der Waals surface area contributed by atoms with Crippen molar-refractivity contribution < 1.29 is 4.74 Å². The Hall–Kier alpha value is -3.67. The van der Waals surface area contributed by atoms with E-state index in [4.69, 9.17) is 10.5 Å². The first-order valence-corrected chi connectivity index (χ1v) is 8.18. The fraction of sp³-hybridized carbons (Fsp3) is 0.0500. The summed E-state index contributed by atoms with van der Waals surface area (Å²) in [6.07, 6.45) is 5.22. The smallest absolute Gasteiger partial charge is 0.222 e. The van der Waals surface area contributed by atoms with Crippen LogP contribution in [0.4, 0.5) is 5.69 Å². The molecule has 26 heavy (non-hydrogen) atoms. The van der Waals surface area contributed by atoms with Crippen LogP contribution in [0.2, 0.25) is 0 Å². The van der Waals surface area contributed by atoms with E-state index in [0.29, 0.717) is 23.9 Å². The summed E-state index contributed by atoms with van der Waals surface area (Å²) >= 11 is 0. The molecule has 0 unspecified atom stereocenters. The van der Waals surface area contributed by atoms with Gasteiger partial charge >= 0.3 is 0 Å². The van der Waals surface area contributed by atoms with Crippen LogP contribution in [0, 0.1) is 0 Å². The van der Waals surface area contributed by atoms with Gasteiger partial charge in [0, 0.05) is 29.6 Å². The molecule has 0 amide bonds. The molecule has 0 aliphatic carbocycles. The minimum absolute atomic E-state index is 0.455. The van der Waals surface area contributed by atoms with Crippen LogP contribution in [0.5, 0.6) is 11.6 Å². The quantitative estimate of drug-likeness (QED) is 0.558. The first kappa shape index (κ1) is 15.8. The first-order valence-electron chi connectivity index (χ1n) is 8.18. The molecule has 0 bridgehead atoms. The van der Waals surface area contributed by atoms with Gasteiger partial charge in [-0.2, -0.15) is 5.10 Å². The molecule has 2 aromatic heterocycles. The number of benzene rings is 2. The molecular weight excluding hydrogens is 326 g/mol. The lowest BCUT2D eigenvalue weighted by molar-refractivity contribution is 0.462. The van der Waals surface area contributed by atoms with Gasteiger partial charge in [0.05, 0.1) is 18.4 Å². The van der Waals surface area contributed by atoms with Crippen molar-refractivity contribution in [2.75, 3.05) is 5.73 Å². The predicted molar refractivity (Wildman–Crippen MR) is 99.7 cm³/mol. The molecule has 2 aromatic carbocycles. The number of nitrogens with zero attached hydrogens (tertiary/aromatic N) is 4. The summed E-state index contributed by atoms with van der Waals surface area (Å²) in [7, 11) is 0. The summed E-state index contributed by atoms with van der Waals surface area (Å²) in [5.41, 5.74) is 9.26. The van der Waals surface area contributed by atoms with Gasteiger partial charge in [-0.15, -0.1) is 0 Å². The van der Waals surface area contributed by atoms with E-state index >= 15 is 0 Å². The van der Waals surface area contributed by atoms with Gasteiger partial charge in [0.25, 0.3) is 0 Å². The van der Waals surface area contributed by atoms with Crippen molar-refractivity contribution in [2.24, 2.45) is 0 Å². The van der Waals surface area contributed by atoms with Gasteiger partial charge in [0.2, 0.25) is 5.88 Å². The molecule has 6 nitrogen and oxygen atoms in total. The number of aromatic nitrogens is 4. The number of nitrogens with two attached hydrogens (primary N) is 1. The number of rotatable bonds is 5. The van der Waals surface area contributed by atoms with Gasteiger partial charge in [-0.3, -0.25) is 4.68 Å². The van der Waals surface area contributed by atoms with E-state index in [0.717, 1.165) is 11.3 Å². The van der Waals surface area contributed by atoms with Gasteiger partial charge in [-0.25, -0.2) is 9.97 Å². The Balaban J connectivity index is 1.53. The second kappa shape index (κ2) is 7.06. The van der Waals surface area contributed by atoms with Crippen LogP contribution >= 0.6 is 0 Å². The minimum Gasteiger partial charge on any atom is -0.439 e. The van der Waals surface area contributed by atoms with E-state index in [1.54, 1.807) is 24.4 Å². The third-order valence-electron chi connectivity index (χ3n) is 3.84. The summed E-state index contributed by atoms with van der Waals surface area (Å²) in [4.78, 5) is 8.48. The fourth-order valence-electron chi connectivity index (χ4n) is 2.60. The number of hydrogen-bond donors (Lipinski definition) is 1. The Labute approximate surface area is 150 Å². The molecule has 128 valence electrons. The van der Waals surface area contributed by atoms with Gasteiger partial charge in [0.1, 0.15) is 12.1 Å². The zero-order chi connectivity index (χ0) is 17.8. The summed E-state index contributed by atoms with van der Waals surface area (Å²) in [5, 5.41) is 4.41. The molecule has 0 fully saturated rings. The Morgan fingerprint density at radius 2 is 1.85 bits per heavy atom. The maximum absolute atomic E-state index is 5.78. The molecule has 0 aliphatic rings. The molecule has 0 saturated carbocycles. The normalized spacial score (nSPS) is 10.6. The van der Waals surface area contributed by atoms with Crippen molar-refractivity contribution >= 4 is 5.69 Å². The highest BCUT2D eigenvalue weighted by Crippen LogP contribution is 2.24. The zero-order valence-electron chi connectivity index (χ0n) is 14.0. The third-order valence-corrected chi connectivity index (χ3v) is 3.84. The molecule has 4 rings (SSSR count). The molecular formula is C20H17N5O. The number of ether oxygens (including phenoxy) is 1. The Bertz CT molecular complexity index is 1010. The molecule has 2 heterocycles. The average Bonchev–Trinajstić information content (AvgIpc) is 3.11. The monoisotopic (exact) mass is 343 g/mol. The average molecular weight is 343 g/mol. The van der Waals surface area contributed by atoms with Gasteiger partial charge in [-0.05, 0) is 17.7 Å². The maximum Gasteiger partial charge on any atom is 0.222 e. The Kier molecular flexibility index (Phi) is 4.30. The zero-order valence-corrected chi connectivity index (χ0v) is 14.0. The lowest BCUT2D eigenvalue weighted by Gasteiger charge is -2.06. The van der Waals surface area contributed by atoms with Crippen molar-refractivity contribution in [3.05, 3.63) is 84.9 Å². The lowest BCUT2D eigenvalue weighted by atomic mass is 10.2. The molecule has 4 aromatic rings. The second-order valence-corrected chi connectivity index (χ2v) is 5.83. The second-order valence-electron chi connectivity index (χ2n) is 5.83. The van der Waals surface area contributed by atoms with Gasteiger partial charge < -0.3 is 10.5 Å². The van der Waals surface area contributed by atoms with E-state index in [1.165, 1.54) is 11.9 Å². The number of anilines is 1. The summed E-state index contributed by atoms with van der Waals surface area (Å²) in [6.45, 7) is 0.707. The van der Waals surface area contributed by atoms with Gasteiger partial charge in [0.15, 0.2) is 0 Å². The summed E-state index contributed by atoms with van der Waals surface area (Å²) < 4.78 is 7.65. The molecule has 0 aliphatic heterocycles. The number of hydrogen-bond acceptors (Lipinski definition) is 5. The van der Waals surface area contributed by atoms with Crippen LogP contribution in [0.25, 0.3) is 11.3 Å². The highest BCUT2D eigenvalue weighted by atomic mass is 16.5. The Morgan fingerprint density at radius 3 is 2.69 bits per heavy atom. The standard InChI is InChI=1S/C20H17N5O/c21-17-7-4-8-18(9-17)26-20-10-19(22-14-23-20)16-11-24-25(13-16)12-15-5-2-1-3-6-15/h1-11,13-14H,12,21H2. The fourth-order valence-corrected chi connectivity index (χ4v) is 2.60. The van der Waals surface area contributed by atoms with Crippen LogP contribution in [-0.2, 0) is 6.54 Å². The van der Waals surface area contributed by atoms with E-state index in [-0.39, 0.29) is 0 Å². The van der Waals surface area contributed by atoms with Crippen molar-refractivity contribution in [1.29, 1.82) is 0 Å². The van der Waals surface area contributed by atoms with E-state index in [9.17, 15) is 0 Å². The molecule has 0 radical (unpaired) electrons. The van der Waals surface area contributed by atoms with Gasteiger partial charge in [-0.1, -0.05) is 36.4 Å². The molecule has 0 saturated heterocycles. The summed E-state index contributed by atoms with van der Waals surface area (Å²) in [5.74, 6) is 1.09. The predicted octanol–water partition coefficient (Wildman–Crippen LogP) is 3.76. The van der Waals surface area contributed by atoms with Crippen molar-refractivity contribution in [3.8, 4) is 22.9 Å². The van der Waals surface area contributed by atoms with Crippen LogP contribution in [0.15, 0.2) is 79.4 Å². The topological polar surface area (TPSA) is 78.9 Å². The molecule has 0 atom stereocenters. The van der Waals surface area contributed by atoms with E-state index < -0.39 is 0 Å². The summed E-state index contributed by atoms with van der Waals surface area (Å²) in [6, 6.07) is 19.2. The number of nitrogen functional groups attached to an aromatic ring is 1. The molecule has 2 N–H and O–H groups in total. The van der Waals surface area contributed by atoms with Crippen LogP contribution in [-0.4, -0.2) is 19.7 Å². The van der Waals surface area contributed by atoms with Crippen molar-refractivity contribution in [2.45, 2.75) is 6.54 Å². The largest absolute Gasteiger partial charge is 0.439 e. The third kappa shape index (κ3) is 3.70. The highest BCUT2D eigenvalue weighted by Gasteiger charge is 2.07. The maximum atomic E-state index is 5.78. The molecule has 0 spiro atoms.